The number of carbonyl (C=O) groups excluding carboxylic acids is 1. The van der Waals surface area contributed by atoms with Gasteiger partial charge in [0.15, 0.2) is 5.78 Å². The van der Waals surface area contributed by atoms with Crippen LogP contribution in [0.2, 0.25) is 0 Å². The fourth-order valence-corrected chi connectivity index (χ4v) is 2.94. The molecule has 0 radical (unpaired) electrons. The van der Waals surface area contributed by atoms with Gasteiger partial charge < -0.3 is 0 Å². The molecule has 0 aromatic heterocycles. The SMILES string of the molecule is CCCCCCc1ccc(-c2ccc(Br)cc2)c(C(C)=O)c1. The second-order valence-corrected chi connectivity index (χ2v) is 6.67. The minimum Gasteiger partial charge on any atom is -0.294 e. The van der Waals surface area contributed by atoms with Gasteiger partial charge in [-0.1, -0.05) is 66.4 Å². The van der Waals surface area contributed by atoms with Crippen LogP contribution in [0.15, 0.2) is 46.9 Å². The number of hydrogen-bond acceptors (Lipinski definition) is 1. The third kappa shape index (κ3) is 4.54. The molecule has 22 heavy (non-hydrogen) atoms. The van der Waals surface area contributed by atoms with Gasteiger partial charge in [-0.3, -0.25) is 4.79 Å². The van der Waals surface area contributed by atoms with E-state index in [9.17, 15) is 4.79 Å². The molecule has 0 aliphatic carbocycles. The van der Waals surface area contributed by atoms with Crippen LogP contribution < -0.4 is 0 Å². The summed E-state index contributed by atoms with van der Waals surface area (Å²) in [6.45, 7) is 3.87. The predicted octanol–water partition coefficient (Wildman–Crippen LogP) is 6.44. The van der Waals surface area contributed by atoms with Crippen molar-refractivity contribution < 1.29 is 4.79 Å². The highest BCUT2D eigenvalue weighted by atomic mass is 79.9. The van der Waals surface area contributed by atoms with Crippen LogP contribution in [-0.4, -0.2) is 5.78 Å². The van der Waals surface area contributed by atoms with Crippen LogP contribution in [0.1, 0.15) is 55.5 Å². The zero-order valence-electron chi connectivity index (χ0n) is 13.4. The Morgan fingerprint density at radius 3 is 2.36 bits per heavy atom. The number of halogens is 1. The Labute approximate surface area is 141 Å². The Morgan fingerprint density at radius 1 is 1.00 bits per heavy atom. The highest BCUT2D eigenvalue weighted by molar-refractivity contribution is 9.10. The van der Waals surface area contributed by atoms with Gasteiger partial charge in [0.2, 0.25) is 0 Å². The normalized spacial score (nSPS) is 10.7. The van der Waals surface area contributed by atoms with E-state index in [4.69, 9.17) is 0 Å². The standard InChI is InChI=1S/C20H23BrO/c1-3-4-5-6-7-16-8-13-19(20(14-16)15(2)22)17-9-11-18(21)12-10-17/h8-14H,3-7H2,1-2H3. The Bertz CT molecular complexity index is 629. The summed E-state index contributed by atoms with van der Waals surface area (Å²) in [6, 6.07) is 14.5. The summed E-state index contributed by atoms with van der Waals surface area (Å²) < 4.78 is 1.05. The maximum absolute atomic E-state index is 12.0. The van der Waals surface area contributed by atoms with Crippen LogP contribution in [0.25, 0.3) is 11.1 Å². The largest absolute Gasteiger partial charge is 0.294 e. The Kier molecular flexibility index (Phi) is 6.38. The molecule has 0 aliphatic rings. The van der Waals surface area contributed by atoms with Crippen LogP contribution in [0.5, 0.6) is 0 Å². The molecule has 0 saturated heterocycles. The van der Waals surface area contributed by atoms with Crippen molar-refractivity contribution >= 4 is 21.7 Å². The van der Waals surface area contributed by atoms with Crippen LogP contribution in [0.4, 0.5) is 0 Å². The number of carbonyl (C=O) groups is 1. The zero-order valence-corrected chi connectivity index (χ0v) is 14.9. The van der Waals surface area contributed by atoms with Crippen molar-refractivity contribution in [1.29, 1.82) is 0 Å². The van der Waals surface area contributed by atoms with E-state index in [1.807, 2.05) is 24.3 Å². The first-order valence-corrected chi connectivity index (χ1v) is 8.81. The summed E-state index contributed by atoms with van der Waals surface area (Å²) in [4.78, 5) is 12.0. The third-order valence-corrected chi connectivity index (χ3v) is 4.47. The molecule has 0 spiro atoms. The molecule has 2 rings (SSSR count). The molecule has 0 aliphatic heterocycles. The van der Waals surface area contributed by atoms with Crippen molar-refractivity contribution in [3.63, 3.8) is 0 Å². The van der Waals surface area contributed by atoms with Gasteiger partial charge in [0.05, 0.1) is 0 Å². The molecule has 0 fully saturated rings. The first-order valence-electron chi connectivity index (χ1n) is 8.01. The lowest BCUT2D eigenvalue weighted by Crippen LogP contribution is -1.98. The monoisotopic (exact) mass is 358 g/mol. The minimum absolute atomic E-state index is 0.133. The zero-order chi connectivity index (χ0) is 15.9. The molecule has 2 aromatic carbocycles. The van der Waals surface area contributed by atoms with Crippen molar-refractivity contribution in [2.24, 2.45) is 0 Å². The van der Waals surface area contributed by atoms with Gasteiger partial charge in [0, 0.05) is 10.0 Å². The molecule has 2 aromatic rings. The third-order valence-electron chi connectivity index (χ3n) is 3.94. The number of Topliss-reactive ketones (excluding diaryl/α,β-unsaturated/α-hetero) is 1. The van der Waals surface area contributed by atoms with E-state index in [1.165, 1.54) is 31.2 Å². The van der Waals surface area contributed by atoms with Crippen molar-refractivity contribution in [1.82, 2.24) is 0 Å². The second-order valence-electron chi connectivity index (χ2n) is 5.75. The summed E-state index contributed by atoms with van der Waals surface area (Å²) >= 11 is 3.45. The fourth-order valence-electron chi connectivity index (χ4n) is 2.68. The average molecular weight is 359 g/mol. The van der Waals surface area contributed by atoms with E-state index in [-0.39, 0.29) is 5.78 Å². The minimum atomic E-state index is 0.133. The summed E-state index contributed by atoms with van der Waals surface area (Å²) in [5.41, 5.74) is 4.21. The Balaban J connectivity index is 2.24. The lowest BCUT2D eigenvalue weighted by molar-refractivity contribution is 0.101. The Hall–Kier alpha value is -1.41. The average Bonchev–Trinajstić information content (AvgIpc) is 2.52. The van der Waals surface area contributed by atoms with E-state index >= 15 is 0 Å². The molecule has 0 amide bonds. The number of unbranched alkanes of at least 4 members (excludes halogenated alkanes) is 3. The van der Waals surface area contributed by atoms with E-state index in [0.717, 1.165) is 27.6 Å². The number of hydrogen-bond donors (Lipinski definition) is 0. The number of rotatable bonds is 7. The quantitative estimate of drug-likeness (QED) is 0.411. The fraction of sp³-hybridized carbons (Fsp3) is 0.350. The van der Waals surface area contributed by atoms with Gasteiger partial charge in [-0.05, 0) is 54.7 Å². The molecule has 0 unspecified atom stereocenters. The highest BCUT2D eigenvalue weighted by Crippen LogP contribution is 2.27. The molecule has 0 saturated carbocycles. The van der Waals surface area contributed by atoms with Gasteiger partial charge >= 0.3 is 0 Å². The van der Waals surface area contributed by atoms with Crippen molar-refractivity contribution in [2.75, 3.05) is 0 Å². The van der Waals surface area contributed by atoms with E-state index in [2.05, 4.69) is 41.1 Å². The molecule has 1 nitrogen and oxygen atoms in total. The molecular formula is C20H23BrO. The smallest absolute Gasteiger partial charge is 0.160 e. The van der Waals surface area contributed by atoms with E-state index in [0.29, 0.717) is 0 Å². The van der Waals surface area contributed by atoms with Gasteiger partial charge in [-0.2, -0.15) is 0 Å². The van der Waals surface area contributed by atoms with Crippen LogP contribution in [0.3, 0.4) is 0 Å². The van der Waals surface area contributed by atoms with Crippen molar-refractivity contribution in [3.8, 4) is 11.1 Å². The van der Waals surface area contributed by atoms with Crippen LogP contribution in [-0.2, 0) is 6.42 Å². The van der Waals surface area contributed by atoms with Gasteiger partial charge in [0.25, 0.3) is 0 Å². The summed E-state index contributed by atoms with van der Waals surface area (Å²) in [5, 5.41) is 0. The van der Waals surface area contributed by atoms with Gasteiger partial charge in [-0.15, -0.1) is 0 Å². The topological polar surface area (TPSA) is 17.1 Å². The van der Waals surface area contributed by atoms with Crippen molar-refractivity contribution in [2.45, 2.75) is 46.0 Å². The number of aryl methyl sites for hydroxylation is 1. The molecule has 2 heteroatoms. The lowest BCUT2D eigenvalue weighted by atomic mass is 9.94. The number of benzene rings is 2. The van der Waals surface area contributed by atoms with Crippen LogP contribution >= 0.6 is 15.9 Å². The second kappa shape index (κ2) is 8.28. The molecule has 0 bridgehead atoms. The molecular weight excluding hydrogens is 336 g/mol. The lowest BCUT2D eigenvalue weighted by Gasteiger charge is -2.10. The Morgan fingerprint density at radius 2 is 1.73 bits per heavy atom. The highest BCUT2D eigenvalue weighted by Gasteiger charge is 2.10. The van der Waals surface area contributed by atoms with Crippen molar-refractivity contribution in [3.05, 3.63) is 58.1 Å². The summed E-state index contributed by atoms with van der Waals surface area (Å²) in [6.07, 6.45) is 6.06. The first kappa shape index (κ1) is 17.0. The first-order chi connectivity index (χ1) is 10.6. The van der Waals surface area contributed by atoms with Crippen LogP contribution in [0, 0.1) is 0 Å². The van der Waals surface area contributed by atoms with Gasteiger partial charge in [0.1, 0.15) is 0 Å². The summed E-state index contributed by atoms with van der Waals surface area (Å²) in [7, 11) is 0. The number of ketones is 1. The van der Waals surface area contributed by atoms with E-state index < -0.39 is 0 Å². The summed E-state index contributed by atoms with van der Waals surface area (Å²) in [5.74, 6) is 0.133. The molecule has 0 N–H and O–H groups in total. The maximum atomic E-state index is 12.0. The van der Waals surface area contributed by atoms with E-state index in [1.54, 1.807) is 6.92 Å². The molecule has 0 atom stereocenters. The molecule has 116 valence electrons. The predicted molar refractivity (Wildman–Crippen MR) is 97.4 cm³/mol. The maximum Gasteiger partial charge on any atom is 0.160 e. The van der Waals surface area contributed by atoms with Gasteiger partial charge in [-0.25, -0.2) is 0 Å². The molecule has 0 heterocycles.